The van der Waals surface area contributed by atoms with Gasteiger partial charge < -0.3 is 20.1 Å². The second-order valence-corrected chi connectivity index (χ2v) is 6.42. The predicted octanol–water partition coefficient (Wildman–Crippen LogP) is 3.04. The largest absolute Gasteiger partial charge is 0.493 e. The maximum absolute atomic E-state index is 12.2. The maximum Gasteiger partial charge on any atom is 0.317 e. The third kappa shape index (κ3) is 5.01. The molecule has 6 heteroatoms. The van der Waals surface area contributed by atoms with Crippen molar-refractivity contribution in [3.63, 3.8) is 0 Å². The molecule has 0 heterocycles. The van der Waals surface area contributed by atoms with Crippen LogP contribution in [0.1, 0.15) is 31.7 Å². The van der Waals surface area contributed by atoms with E-state index in [9.17, 15) is 9.90 Å². The van der Waals surface area contributed by atoms with Crippen molar-refractivity contribution in [2.75, 3.05) is 20.2 Å². The SMILES string of the molecule is CCOc1cc(Cl)ccc1CNC(=O)N(C)CC1CCCC1O. The quantitative estimate of drug-likeness (QED) is 0.836. The summed E-state index contributed by atoms with van der Waals surface area (Å²) in [7, 11) is 1.76. The zero-order chi connectivity index (χ0) is 16.8. The van der Waals surface area contributed by atoms with Crippen molar-refractivity contribution in [1.29, 1.82) is 0 Å². The molecule has 0 aliphatic heterocycles. The fourth-order valence-electron chi connectivity index (χ4n) is 2.93. The zero-order valence-electron chi connectivity index (χ0n) is 13.7. The van der Waals surface area contributed by atoms with Gasteiger partial charge in [0.25, 0.3) is 0 Å². The normalized spacial score (nSPS) is 20.3. The lowest BCUT2D eigenvalue weighted by Gasteiger charge is -2.23. The van der Waals surface area contributed by atoms with Crippen LogP contribution >= 0.6 is 11.6 Å². The molecule has 1 aliphatic rings. The first-order valence-corrected chi connectivity index (χ1v) is 8.47. The van der Waals surface area contributed by atoms with Crippen molar-refractivity contribution in [2.24, 2.45) is 5.92 Å². The van der Waals surface area contributed by atoms with Crippen molar-refractivity contribution < 1.29 is 14.6 Å². The Morgan fingerprint density at radius 3 is 2.91 bits per heavy atom. The number of benzene rings is 1. The third-order valence-corrected chi connectivity index (χ3v) is 4.47. The number of hydrogen-bond acceptors (Lipinski definition) is 3. The molecular weight excluding hydrogens is 316 g/mol. The fraction of sp³-hybridized carbons (Fsp3) is 0.588. The van der Waals surface area contributed by atoms with Crippen molar-refractivity contribution in [2.45, 2.75) is 38.8 Å². The lowest BCUT2D eigenvalue weighted by Crippen LogP contribution is -2.40. The molecule has 1 aliphatic carbocycles. The smallest absolute Gasteiger partial charge is 0.317 e. The van der Waals surface area contributed by atoms with Crippen molar-refractivity contribution in [1.82, 2.24) is 10.2 Å². The van der Waals surface area contributed by atoms with Crippen molar-refractivity contribution in [3.05, 3.63) is 28.8 Å². The Morgan fingerprint density at radius 2 is 2.26 bits per heavy atom. The van der Waals surface area contributed by atoms with E-state index in [1.807, 2.05) is 13.0 Å². The molecule has 0 saturated heterocycles. The molecule has 1 aromatic rings. The van der Waals surface area contributed by atoms with E-state index in [-0.39, 0.29) is 18.1 Å². The number of rotatable bonds is 6. The Kier molecular flexibility index (Phi) is 6.54. The molecule has 0 bridgehead atoms. The Labute approximate surface area is 142 Å². The summed E-state index contributed by atoms with van der Waals surface area (Å²) < 4.78 is 5.55. The van der Waals surface area contributed by atoms with E-state index >= 15 is 0 Å². The molecule has 2 rings (SSSR count). The maximum atomic E-state index is 12.2. The van der Waals surface area contributed by atoms with Crippen LogP contribution in [0.3, 0.4) is 0 Å². The summed E-state index contributed by atoms with van der Waals surface area (Å²) in [5.41, 5.74) is 0.888. The highest BCUT2D eigenvalue weighted by Crippen LogP contribution is 2.26. The van der Waals surface area contributed by atoms with Crippen LogP contribution in [0.2, 0.25) is 5.02 Å². The average Bonchev–Trinajstić information content (AvgIpc) is 2.91. The summed E-state index contributed by atoms with van der Waals surface area (Å²) in [6, 6.07) is 5.24. The topological polar surface area (TPSA) is 61.8 Å². The van der Waals surface area contributed by atoms with Crippen LogP contribution in [0.4, 0.5) is 4.79 Å². The molecule has 2 unspecified atom stereocenters. The van der Waals surface area contributed by atoms with Gasteiger partial charge in [0.1, 0.15) is 5.75 Å². The molecule has 128 valence electrons. The number of halogens is 1. The zero-order valence-corrected chi connectivity index (χ0v) is 14.5. The molecule has 0 spiro atoms. The van der Waals surface area contributed by atoms with E-state index in [1.165, 1.54) is 0 Å². The summed E-state index contributed by atoms with van der Waals surface area (Å²) in [5.74, 6) is 0.870. The van der Waals surface area contributed by atoms with Gasteiger partial charge in [-0.3, -0.25) is 0 Å². The number of urea groups is 1. The molecular formula is C17H25ClN2O3. The third-order valence-electron chi connectivity index (χ3n) is 4.23. The van der Waals surface area contributed by atoms with Crippen LogP contribution in [0.15, 0.2) is 18.2 Å². The Balaban J connectivity index is 1.88. The number of nitrogens with one attached hydrogen (secondary N) is 1. The van der Waals surface area contributed by atoms with Gasteiger partial charge in [0.05, 0.1) is 12.7 Å². The molecule has 23 heavy (non-hydrogen) atoms. The number of carbonyl (C=O) groups excluding carboxylic acids is 1. The molecule has 1 fully saturated rings. The molecule has 2 N–H and O–H groups in total. The summed E-state index contributed by atoms with van der Waals surface area (Å²) in [6.07, 6.45) is 2.56. The summed E-state index contributed by atoms with van der Waals surface area (Å²) >= 11 is 5.98. The van der Waals surface area contributed by atoms with Crippen LogP contribution in [-0.2, 0) is 6.54 Å². The first-order chi connectivity index (χ1) is 11.0. The van der Waals surface area contributed by atoms with Crippen molar-refractivity contribution in [3.8, 4) is 5.75 Å². The first-order valence-electron chi connectivity index (χ1n) is 8.09. The Morgan fingerprint density at radius 1 is 1.48 bits per heavy atom. The van der Waals surface area contributed by atoms with Gasteiger partial charge in [0.2, 0.25) is 0 Å². The molecule has 5 nitrogen and oxygen atoms in total. The first kappa shape index (κ1) is 17.9. The van der Waals surface area contributed by atoms with Gasteiger partial charge in [0, 0.05) is 36.6 Å². The highest BCUT2D eigenvalue weighted by molar-refractivity contribution is 6.30. The van der Waals surface area contributed by atoms with Crippen LogP contribution in [0.25, 0.3) is 0 Å². The Hall–Kier alpha value is -1.46. The molecule has 0 radical (unpaired) electrons. The fourth-order valence-corrected chi connectivity index (χ4v) is 3.10. The van der Waals surface area contributed by atoms with Gasteiger partial charge in [-0.1, -0.05) is 24.1 Å². The molecule has 0 aromatic heterocycles. The van der Waals surface area contributed by atoms with Crippen LogP contribution < -0.4 is 10.1 Å². The van der Waals surface area contributed by atoms with Gasteiger partial charge >= 0.3 is 6.03 Å². The molecule has 1 saturated carbocycles. The average molecular weight is 341 g/mol. The number of hydrogen-bond donors (Lipinski definition) is 2. The van der Waals surface area contributed by atoms with E-state index in [1.54, 1.807) is 24.1 Å². The highest BCUT2D eigenvalue weighted by Gasteiger charge is 2.27. The summed E-state index contributed by atoms with van der Waals surface area (Å²) in [5, 5.41) is 13.4. The molecule has 1 aromatic carbocycles. The van der Waals surface area contributed by atoms with E-state index < -0.39 is 0 Å². The minimum absolute atomic E-state index is 0.151. The van der Waals surface area contributed by atoms with Gasteiger partial charge in [-0.15, -0.1) is 0 Å². The molecule has 2 amide bonds. The van der Waals surface area contributed by atoms with Gasteiger partial charge in [-0.2, -0.15) is 0 Å². The van der Waals surface area contributed by atoms with E-state index in [4.69, 9.17) is 16.3 Å². The predicted molar refractivity (Wildman–Crippen MR) is 90.8 cm³/mol. The summed E-state index contributed by atoms with van der Waals surface area (Å²) in [6.45, 7) is 3.40. The number of aliphatic hydroxyl groups excluding tert-OH is 1. The van der Waals surface area contributed by atoms with Crippen molar-refractivity contribution >= 4 is 17.6 Å². The number of nitrogens with zero attached hydrogens (tertiary/aromatic N) is 1. The van der Waals surface area contributed by atoms with Gasteiger partial charge in [-0.25, -0.2) is 4.79 Å². The lowest BCUT2D eigenvalue weighted by atomic mass is 10.1. The van der Waals surface area contributed by atoms with Crippen LogP contribution in [-0.4, -0.2) is 42.3 Å². The monoisotopic (exact) mass is 340 g/mol. The lowest BCUT2D eigenvalue weighted by molar-refractivity contribution is 0.114. The van der Waals surface area contributed by atoms with E-state index in [0.29, 0.717) is 30.5 Å². The number of carbonyl (C=O) groups is 1. The minimum Gasteiger partial charge on any atom is -0.493 e. The van der Waals surface area contributed by atoms with Crippen LogP contribution in [0, 0.1) is 5.92 Å². The second kappa shape index (κ2) is 8.41. The highest BCUT2D eigenvalue weighted by atomic mass is 35.5. The van der Waals surface area contributed by atoms with E-state index in [0.717, 1.165) is 24.8 Å². The minimum atomic E-state index is -0.286. The number of amides is 2. The second-order valence-electron chi connectivity index (χ2n) is 5.98. The van der Waals surface area contributed by atoms with Crippen LogP contribution in [0.5, 0.6) is 5.75 Å². The van der Waals surface area contributed by atoms with Gasteiger partial charge in [-0.05, 0) is 31.9 Å². The number of ether oxygens (including phenoxy) is 1. The van der Waals surface area contributed by atoms with E-state index in [2.05, 4.69) is 5.32 Å². The Bertz CT molecular complexity index is 539. The van der Waals surface area contributed by atoms with Gasteiger partial charge in [0.15, 0.2) is 0 Å². The summed E-state index contributed by atoms with van der Waals surface area (Å²) in [4.78, 5) is 13.8. The number of aliphatic hydroxyl groups is 1. The standard InChI is InChI=1S/C17H25ClN2O3/c1-3-23-16-9-14(18)8-7-12(16)10-19-17(22)20(2)11-13-5-4-6-15(13)21/h7-9,13,15,21H,3-6,10-11H2,1-2H3,(H,19,22). The molecule has 2 atom stereocenters.